The maximum atomic E-state index is 13.5. The summed E-state index contributed by atoms with van der Waals surface area (Å²) in [6, 6.07) is 18.3. The number of allylic oxidation sites excluding steroid dienone is 2. The van der Waals surface area contributed by atoms with E-state index in [4.69, 9.17) is 9.47 Å². The molecule has 0 radical (unpaired) electrons. The summed E-state index contributed by atoms with van der Waals surface area (Å²) < 4.78 is 11.2. The van der Waals surface area contributed by atoms with E-state index in [0.29, 0.717) is 30.0 Å². The van der Waals surface area contributed by atoms with Gasteiger partial charge in [0, 0.05) is 49.0 Å². The zero-order valence-corrected chi connectivity index (χ0v) is 26.8. The molecule has 10 heteroatoms. The van der Waals surface area contributed by atoms with Crippen molar-refractivity contribution in [2.24, 2.45) is 0 Å². The molecular formula is C36H40N4O6. The number of rotatable bonds is 13. The molecule has 0 aliphatic carbocycles. The minimum atomic E-state index is -0.909. The Kier molecular flexibility index (Phi) is 11.6. The molecule has 0 bridgehead atoms. The predicted molar refractivity (Wildman–Crippen MR) is 177 cm³/mol. The molecule has 1 aliphatic rings. The largest absolute Gasteiger partial charge is 0.461 e. The molecule has 1 unspecified atom stereocenters. The van der Waals surface area contributed by atoms with E-state index in [0.717, 1.165) is 17.6 Å². The second kappa shape index (κ2) is 15.8. The second-order valence-corrected chi connectivity index (χ2v) is 11.5. The van der Waals surface area contributed by atoms with Crippen LogP contribution in [-0.4, -0.2) is 47.6 Å². The van der Waals surface area contributed by atoms with Gasteiger partial charge in [0.25, 0.3) is 5.69 Å². The van der Waals surface area contributed by atoms with Crippen LogP contribution in [0.1, 0.15) is 62.8 Å². The lowest BCUT2D eigenvalue weighted by atomic mass is 9.80. The molecule has 0 amide bonds. The number of nitro groups is 1. The molecule has 1 atom stereocenters. The van der Waals surface area contributed by atoms with Gasteiger partial charge in [-0.25, -0.2) is 9.59 Å². The number of esters is 2. The Morgan fingerprint density at radius 1 is 1.02 bits per heavy atom. The molecule has 2 N–H and O–H groups in total. The van der Waals surface area contributed by atoms with Crippen molar-refractivity contribution in [3.63, 3.8) is 0 Å². The molecule has 0 saturated carbocycles. The highest BCUT2D eigenvalue weighted by Crippen LogP contribution is 2.40. The van der Waals surface area contributed by atoms with Crippen LogP contribution in [0.5, 0.6) is 0 Å². The number of non-ortho nitro benzene ring substituents is 1. The summed E-state index contributed by atoms with van der Waals surface area (Å²) in [6.07, 6.45) is 6.17. The van der Waals surface area contributed by atoms with E-state index in [1.54, 1.807) is 40.0 Å². The summed E-state index contributed by atoms with van der Waals surface area (Å²) in [6.45, 7) is 10.0. The van der Waals surface area contributed by atoms with Crippen molar-refractivity contribution in [2.45, 2.75) is 53.1 Å². The molecular weight excluding hydrogens is 584 g/mol. The van der Waals surface area contributed by atoms with Crippen molar-refractivity contribution >= 4 is 23.7 Å². The summed E-state index contributed by atoms with van der Waals surface area (Å²) in [5.74, 6) is -2.14. The summed E-state index contributed by atoms with van der Waals surface area (Å²) >= 11 is 0. The van der Waals surface area contributed by atoms with Crippen molar-refractivity contribution in [3.8, 4) is 0 Å². The molecule has 240 valence electrons. The van der Waals surface area contributed by atoms with Crippen molar-refractivity contribution in [2.75, 3.05) is 19.7 Å². The van der Waals surface area contributed by atoms with Crippen LogP contribution in [0, 0.1) is 10.1 Å². The molecule has 46 heavy (non-hydrogen) atoms. The van der Waals surface area contributed by atoms with Crippen LogP contribution in [0.3, 0.4) is 0 Å². The first-order valence-electron chi connectivity index (χ1n) is 15.2. The van der Waals surface area contributed by atoms with Crippen molar-refractivity contribution in [1.29, 1.82) is 0 Å². The molecule has 1 aromatic heterocycles. The highest BCUT2D eigenvalue weighted by atomic mass is 16.6. The van der Waals surface area contributed by atoms with Gasteiger partial charge in [-0.05, 0) is 69.4 Å². The number of ether oxygens (including phenoxy) is 2. The first-order valence-corrected chi connectivity index (χ1v) is 15.2. The Bertz CT molecular complexity index is 1660. The lowest BCUT2D eigenvalue weighted by Crippen LogP contribution is -2.33. The highest BCUT2D eigenvalue weighted by Gasteiger charge is 2.38. The first kappa shape index (κ1) is 33.8. The highest BCUT2D eigenvalue weighted by molar-refractivity contribution is 6.00. The summed E-state index contributed by atoms with van der Waals surface area (Å²) in [5.41, 5.74) is 6.25. The average molecular weight is 625 g/mol. The van der Waals surface area contributed by atoms with Gasteiger partial charge in [0.2, 0.25) is 0 Å². The number of nitrogens with zero attached hydrogens (tertiary/aromatic N) is 2. The molecule has 0 saturated heterocycles. The monoisotopic (exact) mass is 624 g/mol. The summed E-state index contributed by atoms with van der Waals surface area (Å²) in [5, 5.41) is 17.9. The molecule has 10 nitrogen and oxygen atoms in total. The minimum absolute atomic E-state index is 0.0854. The number of hydrogen-bond donors (Lipinski definition) is 2. The Balaban J connectivity index is 1.38. The topological polar surface area (TPSA) is 133 Å². The number of hydrogen-bond acceptors (Lipinski definition) is 9. The van der Waals surface area contributed by atoms with Crippen molar-refractivity contribution in [1.82, 2.24) is 15.6 Å². The number of carbonyl (C=O) groups is 2. The van der Waals surface area contributed by atoms with Gasteiger partial charge in [0.15, 0.2) is 0 Å². The minimum Gasteiger partial charge on any atom is -0.461 e. The van der Waals surface area contributed by atoms with E-state index < -0.39 is 28.9 Å². The van der Waals surface area contributed by atoms with Crippen LogP contribution >= 0.6 is 0 Å². The van der Waals surface area contributed by atoms with Gasteiger partial charge in [-0.15, -0.1) is 0 Å². The fraction of sp³-hybridized carbons (Fsp3) is 0.306. The fourth-order valence-corrected chi connectivity index (χ4v) is 5.35. The SMILES string of the molecule is CC1=C(C(=O)OCCNC/C(C)=C/c2ccc(Cc3cccnc3)cc2)C(c2cccc([N+](=O)[O-])c2)C(C(=O)OC(C)C)=C(C)N1. The van der Waals surface area contributed by atoms with Crippen LogP contribution < -0.4 is 10.6 Å². The normalized spacial score (nSPS) is 15.1. The quantitative estimate of drug-likeness (QED) is 0.102. The molecule has 4 rings (SSSR count). The van der Waals surface area contributed by atoms with Gasteiger partial charge < -0.3 is 20.1 Å². The van der Waals surface area contributed by atoms with Crippen LogP contribution in [0.2, 0.25) is 0 Å². The number of nitrogens with one attached hydrogen (secondary N) is 2. The van der Waals surface area contributed by atoms with E-state index in [1.165, 1.54) is 29.3 Å². The van der Waals surface area contributed by atoms with Crippen LogP contribution in [0.15, 0.2) is 101 Å². The molecule has 0 fully saturated rings. The number of nitro benzene ring substituents is 1. The second-order valence-electron chi connectivity index (χ2n) is 11.5. The standard InChI is InChI=1S/C36H40N4O6/c1-23(2)46-36(42)33-26(5)39-25(4)32(34(33)30-9-6-10-31(20-30)40(43)44)35(41)45-17-16-38-21-24(3)18-27-11-13-28(14-12-27)19-29-8-7-15-37-22-29/h6-15,18,20,22-23,34,38-39H,16-17,19,21H2,1-5H3/b24-18+. The smallest absolute Gasteiger partial charge is 0.337 e. The summed E-state index contributed by atoms with van der Waals surface area (Å²) in [4.78, 5) is 42.0. The van der Waals surface area contributed by atoms with Crippen molar-refractivity contribution in [3.05, 3.63) is 134 Å². The van der Waals surface area contributed by atoms with Gasteiger partial charge in [-0.2, -0.15) is 0 Å². The summed E-state index contributed by atoms with van der Waals surface area (Å²) in [7, 11) is 0. The number of dihydropyridines is 1. The average Bonchev–Trinajstić information content (AvgIpc) is 3.01. The van der Waals surface area contributed by atoms with E-state index in [9.17, 15) is 19.7 Å². The zero-order valence-electron chi connectivity index (χ0n) is 26.8. The van der Waals surface area contributed by atoms with Gasteiger partial charge >= 0.3 is 11.9 Å². The fourth-order valence-electron chi connectivity index (χ4n) is 5.35. The zero-order chi connectivity index (χ0) is 33.2. The molecule has 1 aliphatic heterocycles. The third-order valence-corrected chi connectivity index (χ3v) is 7.40. The Hall–Kier alpha value is -5.09. The number of aromatic nitrogens is 1. The third kappa shape index (κ3) is 8.98. The molecule has 0 spiro atoms. The van der Waals surface area contributed by atoms with E-state index in [2.05, 4.69) is 52.0 Å². The Morgan fingerprint density at radius 3 is 2.39 bits per heavy atom. The third-order valence-electron chi connectivity index (χ3n) is 7.40. The Morgan fingerprint density at radius 2 is 1.74 bits per heavy atom. The van der Waals surface area contributed by atoms with E-state index in [1.807, 2.05) is 19.2 Å². The van der Waals surface area contributed by atoms with Crippen molar-refractivity contribution < 1.29 is 24.0 Å². The Labute approximate surface area is 269 Å². The first-order chi connectivity index (χ1) is 22.0. The predicted octanol–water partition coefficient (Wildman–Crippen LogP) is 6.00. The maximum Gasteiger partial charge on any atom is 0.337 e. The lowest BCUT2D eigenvalue weighted by Gasteiger charge is -2.30. The number of carbonyl (C=O) groups excluding carboxylic acids is 2. The van der Waals surface area contributed by atoms with E-state index >= 15 is 0 Å². The maximum absolute atomic E-state index is 13.5. The lowest BCUT2D eigenvalue weighted by molar-refractivity contribution is -0.384. The van der Waals surface area contributed by atoms with E-state index in [-0.39, 0.29) is 23.4 Å². The van der Waals surface area contributed by atoms with Crippen LogP contribution in [0.4, 0.5) is 5.69 Å². The number of benzene rings is 2. The van der Waals surface area contributed by atoms with Crippen LogP contribution in [-0.2, 0) is 25.5 Å². The van der Waals surface area contributed by atoms with Gasteiger partial charge in [0.1, 0.15) is 6.61 Å². The van der Waals surface area contributed by atoms with Gasteiger partial charge in [-0.1, -0.05) is 54.1 Å². The van der Waals surface area contributed by atoms with Crippen LogP contribution in [0.25, 0.3) is 6.08 Å². The molecule has 2 heterocycles. The van der Waals surface area contributed by atoms with Gasteiger partial charge in [-0.3, -0.25) is 15.1 Å². The molecule has 3 aromatic rings. The van der Waals surface area contributed by atoms with Gasteiger partial charge in [0.05, 0.1) is 28.1 Å². The number of pyridine rings is 1. The molecule has 2 aromatic carbocycles.